The lowest BCUT2D eigenvalue weighted by molar-refractivity contribution is 0.394. The van der Waals surface area contributed by atoms with Crippen LogP contribution in [0.1, 0.15) is 12.5 Å². The molecule has 1 aromatic rings. The van der Waals surface area contributed by atoms with Crippen LogP contribution in [0.15, 0.2) is 4.90 Å². The summed E-state index contributed by atoms with van der Waals surface area (Å²) in [5.74, 6) is -5.67. The van der Waals surface area contributed by atoms with Gasteiger partial charge >= 0.3 is 0 Å². The van der Waals surface area contributed by atoms with Crippen molar-refractivity contribution in [1.29, 1.82) is 0 Å². The van der Waals surface area contributed by atoms with Crippen molar-refractivity contribution in [3.8, 4) is 0 Å². The molecule has 0 spiro atoms. The van der Waals surface area contributed by atoms with Crippen LogP contribution in [0.3, 0.4) is 0 Å². The zero-order chi connectivity index (χ0) is 10.9. The Morgan fingerprint density at radius 3 is 1.93 bits per heavy atom. The van der Waals surface area contributed by atoms with Crippen LogP contribution in [0, 0.1) is 30.2 Å². The molecule has 1 rings (SSSR count). The van der Waals surface area contributed by atoms with Gasteiger partial charge in [0.05, 0.1) is 4.90 Å². The van der Waals surface area contributed by atoms with Crippen molar-refractivity contribution in [2.75, 3.05) is 5.75 Å². The molecule has 0 aliphatic carbocycles. The van der Waals surface area contributed by atoms with E-state index < -0.39 is 23.3 Å². The minimum absolute atomic E-state index is 0.163. The van der Waals surface area contributed by atoms with Crippen molar-refractivity contribution >= 4 is 11.8 Å². The summed E-state index contributed by atoms with van der Waals surface area (Å²) in [6.45, 7) is 2.93. The highest BCUT2D eigenvalue weighted by Gasteiger charge is 2.22. The van der Waals surface area contributed by atoms with Gasteiger partial charge in [-0.05, 0) is 12.7 Å². The van der Waals surface area contributed by atoms with E-state index in [9.17, 15) is 17.6 Å². The molecule has 0 bridgehead atoms. The first-order valence-electron chi connectivity index (χ1n) is 3.96. The predicted molar refractivity (Wildman–Crippen MR) is 47.4 cm³/mol. The van der Waals surface area contributed by atoms with Crippen LogP contribution in [0.2, 0.25) is 0 Å². The van der Waals surface area contributed by atoms with Crippen LogP contribution in [0.4, 0.5) is 17.6 Å². The molecule has 0 nitrogen and oxygen atoms in total. The number of halogens is 4. The first kappa shape index (κ1) is 11.4. The topological polar surface area (TPSA) is 0 Å². The largest absolute Gasteiger partial charge is 0.203 e. The average Bonchev–Trinajstić information content (AvgIpc) is 2.19. The molecule has 0 saturated carbocycles. The fourth-order valence-corrected chi connectivity index (χ4v) is 1.85. The summed E-state index contributed by atoms with van der Waals surface area (Å²) in [5.41, 5.74) is -0.187. The molecular formula is C9H8F4S. The lowest BCUT2D eigenvalue weighted by Gasteiger charge is -2.08. The van der Waals surface area contributed by atoms with Crippen molar-refractivity contribution in [2.24, 2.45) is 0 Å². The fourth-order valence-electron chi connectivity index (χ4n) is 1.04. The molecule has 1 aromatic carbocycles. The number of benzene rings is 1. The van der Waals surface area contributed by atoms with Gasteiger partial charge in [-0.3, -0.25) is 0 Å². The second kappa shape index (κ2) is 4.21. The highest BCUT2D eigenvalue weighted by atomic mass is 32.2. The molecule has 0 radical (unpaired) electrons. The van der Waals surface area contributed by atoms with E-state index in [1.165, 1.54) is 6.92 Å². The molecule has 0 heterocycles. The molecule has 0 saturated heterocycles. The molecule has 0 aliphatic rings. The van der Waals surface area contributed by atoms with E-state index in [4.69, 9.17) is 0 Å². The van der Waals surface area contributed by atoms with Gasteiger partial charge in [0.25, 0.3) is 0 Å². The Balaban J connectivity index is 3.43. The van der Waals surface area contributed by atoms with Crippen LogP contribution < -0.4 is 0 Å². The number of hydrogen-bond donors (Lipinski definition) is 0. The second-order valence-electron chi connectivity index (χ2n) is 2.64. The van der Waals surface area contributed by atoms with Gasteiger partial charge in [-0.25, -0.2) is 17.6 Å². The maximum atomic E-state index is 13.1. The first-order chi connectivity index (χ1) is 6.50. The van der Waals surface area contributed by atoms with Crippen molar-refractivity contribution < 1.29 is 17.6 Å². The molecule has 0 fully saturated rings. The van der Waals surface area contributed by atoms with E-state index in [-0.39, 0.29) is 10.5 Å². The summed E-state index contributed by atoms with van der Waals surface area (Å²) in [6.07, 6.45) is 0. The first-order valence-corrected chi connectivity index (χ1v) is 4.94. The standard InChI is InChI=1S/C9H8F4S/c1-3-14-9-4(2)5(10)6(11)7(12)8(9)13/h3H2,1-2H3. The quantitative estimate of drug-likeness (QED) is 0.320. The third kappa shape index (κ3) is 1.73. The molecule has 5 heteroatoms. The monoisotopic (exact) mass is 224 g/mol. The molecule has 0 aromatic heterocycles. The summed E-state index contributed by atoms with van der Waals surface area (Å²) >= 11 is 0.944. The minimum atomic E-state index is -1.75. The number of rotatable bonds is 2. The highest BCUT2D eigenvalue weighted by molar-refractivity contribution is 7.99. The van der Waals surface area contributed by atoms with Gasteiger partial charge in [0.2, 0.25) is 0 Å². The summed E-state index contributed by atoms with van der Waals surface area (Å²) in [5, 5.41) is 0. The van der Waals surface area contributed by atoms with Crippen molar-refractivity contribution in [3.63, 3.8) is 0 Å². The van der Waals surface area contributed by atoms with Gasteiger partial charge in [-0.2, -0.15) is 0 Å². The third-order valence-corrected chi connectivity index (χ3v) is 2.80. The minimum Gasteiger partial charge on any atom is -0.203 e. The molecular weight excluding hydrogens is 216 g/mol. The lowest BCUT2D eigenvalue weighted by atomic mass is 10.2. The molecule has 0 N–H and O–H groups in total. The van der Waals surface area contributed by atoms with Crippen LogP contribution in [0.25, 0.3) is 0 Å². The smallest absolute Gasteiger partial charge is 0.198 e. The maximum absolute atomic E-state index is 13.1. The van der Waals surface area contributed by atoms with E-state index in [1.807, 2.05) is 0 Å². The average molecular weight is 224 g/mol. The molecule has 0 unspecified atom stereocenters. The van der Waals surface area contributed by atoms with Gasteiger partial charge in [0.1, 0.15) is 0 Å². The molecule has 0 atom stereocenters. The molecule has 78 valence electrons. The number of hydrogen-bond acceptors (Lipinski definition) is 1. The fraction of sp³-hybridized carbons (Fsp3) is 0.333. The Hall–Kier alpha value is -0.710. The molecule has 0 aliphatic heterocycles. The zero-order valence-corrected chi connectivity index (χ0v) is 8.44. The number of thioether (sulfide) groups is 1. The van der Waals surface area contributed by atoms with Crippen molar-refractivity contribution in [3.05, 3.63) is 28.8 Å². The van der Waals surface area contributed by atoms with Gasteiger partial charge in [0.15, 0.2) is 23.3 Å². The van der Waals surface area contributed by atoms with E-state index >= 15 is 0 Å². The van der Waals surface area contributed by atoms with Crippen LogP contribution >= 0.6 is 11.8 Å². The van der Waals surface area contributed by atoms with Crippen LogP contribution in [0.5, 0.6) is 0 Å². The maximum Gasteiger partial charge on any atom is 0.198 e. The van der Waals surface area contributed by atoms with E-state index in [1.54, 1.807) is 6.92 Å². The summed E-state index contributed by atoms with van der Waals surface area (Å²) in [4.78, 5) is -0.163. The van der Waals surface area contributed by atoms with Gasteiger partial charge in [-0.1, -0.05) is 6.92 Å². The molecule has 14 heavy (non-hydrogen) atoms. The van der Waals surface area contributed by atoms with Gasteiger partial charge < -0.3 is 0 Å². The zero-order valence-electron chi connectivity index (χ0n) is 7.63. The summed E-state index contributed by atoms with van der Waals surface area (Å²) in [7, 11) is 0. The lowest BCUT2D eigenvalue weighted by Crippen LogP contribution is -2.02. The van der Waals surface area contributed by atoms with Crippen LogP contribution in [-0.2, 0) is 0 Å². The normalized spacial score (nSPS) is 10.7. The Kier molecular flexibility index (Phi) is 3.42. The SMILES string of the molecule is CCSc1c(C)c(F)c(F)c(F)c1F. The summed E-state index contributed by atoms with van der Waals surface area (Å²) in [6, 6.07) is 0. The predicted octanol–water partition coefficient (Wildman–Crippen LogP) is 3.66. The second-order valence-corrected chi connectivity index (χ2v) is 3.92. The Morgan fingerprint density at radius 2 is 1.43 bits per heavy atom. The van der Waals surface area contributed by atoms with Gasteiger partial charge in [-0.15, -0.1) is 11.8 Å². The Morgan fingerprint density at radius 1 is 0.929 bits per heavy atom. The van der Waals surface area contributed by atoms with Crippen LogP contribution in [-0.4, -0.2) is 5.75 Å². The Bertz CT molecular complexity index is 333. The highest BCUT2D eigenvalue weighted by Crippen LogP contribution is 2.30. The Labute approximate surface area is 83.3 Å². The van der Waals surface area contributed by atoms with Crippen molar-refractivity contribution in [2.45, 2.75) is 18.7 Å². The van der Waals surface area contributed by atoms with Crippen molar-refractivity contribution in [1.82, 2.24) is 0 Å². The van der Waals surface area contributed by atoms with E-state index in [0.29, 0.717) is 5.75 Å². The van der Waals surface area contributed by atoms with E-state index in [0.717, 1.165) is 11.8 Å². The van der Waals surface area contributed by atoms with E-state index in [2.05, 4.69) is 0 Å². The third-order valence-electron chi connectivity index (χ3n) is 1.74. The summed E-state index contributed by atoms with van der Waals surface area (Å²) < 4.78 is 51.5. The molecule has 0 amide bonds. The van der Waals surface area contributed by atoms with Gasteiger partial charge in [0, 0.05) is 5.56 Å².